The molecule has 1 fully saturated rings. The molecule has 0 aliphatic carbocycles. The molecule has 1 heterocycles. The van der Waals surface area contributed by atoms with Gasteiger partial charge in [-0.25, -0.2) is 4.39 Å². The first kappa shape index (κ1) is 19.4. The second kappa shape index (κ2) is 9.40. The molecule has 1 saturated heterocycles. The molecule has 0 bridgehead atoms. The van der Waals surface area contributed by atoms with E-state index in [0.717, 1.165) is 38.2 Å². The summed E-state index contributed by atoms with van der Waals surface area (Å²) in [5.41, 5.74) is 0.749. The van der Waals surface area contributed by atoms with Gasteiger partial charge in [-0.1, -0.05) is 19.1 Å². The fourth-order valence-corrected chi connectivity index (χ4v) is 2.61. The van der Waals surface area contributed by atoms with Crippen LogP contribution in [0.15, 0.2) is 18.2 Å². The Morgan fingerprint density at radius 1 is 1.30 bits per heavy atom. The van der Waals surface area contributed by atoms with E-state index in [1.807, 2.05) is 12.1 Å². The standard InChI is InChI=1S/C14H21FN2O.2ClH/c1-3-12(17-9-7-16-8-10-17)11-5-4-6-13(18-2)14(11)15;;/h4-6,12,16H,3,7-10H2,1-2H3;2*1H/t12-;;/m0../s1. The summed E-state index contributed by atoms with van der Waals surface area (Å²) in [4.78, 5) is 2.34. The summed E-state index contributed by atoms with van der Waals surface area (Å²) in [5.74, 6) is 0.117. The summed E-state index contributed by atoms with van der Waals surface area (Å²) in [7, 11) is 1.51. The van der Waals surface area contributed by atoms with Crippen LogP contribution in [-0.4, -0.2) is 38.2 Å². The maximum atomic E-state index is 14.3. The van der Waals surface area contributed by atoms with Gasteiger partial charge in [-0.15, -0.1) is 24.8 Å². The monoisotopic (exact) mass is 324 g/mol. The molecule has 0 amide bonds. The van der Waals surface area contributed by atoms with E-state index in [9.17, 15) is 4.39 Å². The van der Waals surface area contributed by atoms with Gasteiger partial charge in [-0.2, -0.15) is 0 Å². The first-order chi connectivity index (χ1) is 8.77. The lowest BCUT2D eigenvalue weighted by molar-refractivity contribution is 0.165. The molecule has 0 spiro atoms. The van der Waals surface area contributed by atoms with E-state index in [1.54, 1.807) is 6.07 Å². The number of methoxy groups -OCH3 is 1. The van der Waals surface area contributed by atoms with Gasteiger partial charge in [-0.3, -0.25) is 4.90 Å². The van der Waals surface area contributed by atoms with Crippen LogP contribution in [-0.2, 0) is 0 Å². The predicted octanol–water partition coefficient (Wildman–Crippen LogP) is 3.03. The van der Waals surface area contributed by atoms with Crippen molar-refractivity contribution in [2.24, 2.45) is 0 Å². The minimum atomic E-state index is -0.217. The highest BCUT2D eigenvalue weighted by atomic mass is 35.5. The Kier molecular flexibility index (Phi) is 9.14. The Hall–Kier alpha value is -0.550. The Labute approximate surface area is 132 Å². The van der Waals surface area contributed by atoms with Crippen molar-refractivity contribution in [3.8, 4) is 5.75 Å². The van der Waals surface area contributed by atoms with Crippen molar-refractivity contribution in [1.29, 1.82) is 0 Å². The predicted molar refractivity (Wildman–Crippen MR) is 84.9 cm³/mol. The van der Waals surface area contributed by atoms with Crippen molar-refractivity contribution < 1.29 is 9.13 Å². The molecular weight excluding hydrogens is 302 g/mol. The molecule has 0 aromatic heterocycles. The molecule has 1 aromatic carbocycles. The van der Waals surface area contributed by atoms with Crippen LogP contribution in [0, 0.1) is 5.82 Å². The maximum Gasteiger partial charge on any atom is 0.169 e. The van der Waals surface area contributed by atoms with Gasteiger partial charge in [0.15, 0.2) is 11.6 Å². The number of rotatable bonds is 4. The van der Waals surface area contributed by atoms with Gasteiger partial charge in [0.25, 0.3) is 0 Å². The number of ether oxygens (including phenoxy) is 1. The molecule has 1 atom stereocenters. The van der Waals surface area contributed by atoms with Crippen LogP contribution < -0.4 is 10.1 Å². The number of benzene rings is 1. The van der Waals surface area contributed by atoms with E-state index in [4.69, 9.17) is 4.74 Å². The average molecular weight is 325 g/mol. The lowest BCUT2D eigenvalue weighted by atomic mass is 10.0. The molecule has 1 aliphatic rings. The maximum absolute atomic E-state index is 14.3. The number of piperazine rings is 1. The van der Waals surface area contributed by atoms with Crippen LogP contribution in [0.5, 0.6) is 5.75 Å². The smallest absolute Gasteiger partial charge is 0.169 e. The van der Waals surface area contributed by atoms with Crippen LogP contribution in [0.2, 0.25) is 0 Å². The zero-order valence-electron chi connectivity index (χ0n) is 11.9. The second-order valence-corrected chi connectivity index (χ2v) is 4.57. The first-order valence-corrected chi connectivity index (χ1v) is 6.55. The molecule has 20 heavy (non-hydrogen) atoms. The summed E-state index contributed by atoms with van der Waals surface area (Å²) in [6.45, 7) is 5.99. The van der Waals surface area contributed by atoms with Gasteiger partial charge in [0, 0.05) is 37.8 Å². The summed E-state index contributed by atoms with van der Waals surface area (Å²) < 4.78 is 19.4. The van der Waals surface area contributed by atoms with Gasteiger partial charge in [0.2, 0.25) is 0 Å². The van der Waals surface area contributed by atoms with E-state index in [2.05, 4.69) is 17.1 Å². The first-order valence-electron chi connectivity index (χ1n) is 6.55. The zero-order valence-corrected chi connectivity index (χ0v) is 13.5. The number of hydrogen-bond donors (Lipinski definition) is 1. The van der Waals surface area contributed by atoms with E-state index >= 15 is 0 Å². The van der Waals surface area contributed by atoms with Crippen LogP contribution in [0.1, 0.15) is 24.9 Å². The number of nitrogens with zero attached hydrogens (tertiary/aromatic N) is 1. The lowest BCUT2D eigenvalue weighted by Gasteiger charge is -2.35. The highest BCUT2D eigenvalue weighted by Crippen LogP contribution is 2.30. The highest BCUT2D eigenvalue weighted by molar-refractivity contribution is 5.85. The molecule has 6 heteroatoms. The largest absolute Gasteiger partial charge is 0.494 e. The molecule has 1 aromatic rings. The SMILES string of the molecule is CC[C@@H](c1cccc(OC)c1F)N1CCNCC1.Cl.Cl. The Morgan fingerprint density at radius 2 is 1.95 bits per heavy atom. The van der Waals surface area contributed by atoms with Crippen LogP contribution in [0.3, 0.4) is 0 Å². The van der Waals surface area contributed by atoms with Gasteiger partial charge in [0.05, 0.1) is 7.11 Å². The molecule has 1 aliphatic heterocycles. The van der Waals surface area contributed by atoms with Gasteiger partial charge < -0.3 is 10.1 Å². The number of nitrogens with one attached hydrogen (secondary N) is 1. The third kappa shape index (κ3) is 4.22. The normalized spacial score (nSPS) is 16.8. The van der Waals surface area contributed by atoms with E-state index < -0.39 is 0 Å². The fourth-order valence-electron chi connectivity index (χ4n) is 2.61. The van der Waals surface area contributed by atoms with Crippen molar-refractivity contribution in [2.45, 2.75) is 19.4 Å². The summed E-state index contributed by atoms with van der Waals surface area (Å²) >= 11 is 0. The molecule has 3 nitrogen and oxygen atoms in total. The van der Waals surface area contributed by atoms with Gasteiger partial charge in [-0.05, 0) is 12.5 Å². The Balaban J connectivity index is 0.00000180. The minimum absolute atomic E-state index is 0. The molecule has 0 unspecified atom stereocenters. The minimum Gasteiger partial charge on any atom is -0.494 e. The second-order valence-electron chi connectivity index (χ2n) is 4.57. The van der Waals surface area contributed by atoms with Crippen molar-refractivity contribution in [1.82, 2.24) is 10.2 Å². The third-order valence-corrected chi connectivity index (χ3v) is 3.55. The quantitative estimate of drug-likeness (QED) is 0.921. The molecule has 0 radical (unpaired) electrons. The van der Waals surface area contributed by atoms with Crippen LogP contribution in [0.25, 0.3) is 0 Å². The van der Waals surface area contributed by atoms with Crippen LogP contribution >= 0.6 is 24.8 Å². The third-order valence-electron chi connectivity index (χ3n) is 3.55. The average Bonchev–Trinajstić information content (AvgIpc) is 2.43. The molecule has 2 rings (SSSR count). The highest BCUT2D eigenvalue weighted by Gasteiger charge is 2.24. The Morgan fingerprint density at radius 3 is 2.50 bits per heavy atom. The van der Waals surface area contributed by atoms with Crippen molar-refractivity contribution in [3.05, 3.63) is 29.6 Å². The molecule has 116 valence electrons. The van der Waals surface area contributed by atoms with Gasteiger partial charge in [0.1, 0.15) is 0 Å². The van der Waals surface area contributed by atoms with Crippen molar-refractivity contribution >= 4 is 24.8 Å². The molecular formula is C14H23Cl2FN2O. The van der Waals surface area contributed by atoms with E-state index in [-0.39, 0.29) is 36.7 Å². The summed E-state index contributed by atoms with van der Waals surface area (Å²) in [6, 6.07) is 5.54. The van der Waals surface area contributed by atoms with Crippen molar-refractivity contribution in [3.63, 3.8) is 0 Å². The van der Waals surface area contributed by atoms with E-state index in [0.29, 0.717) is 5.75 Å². The van der Waals surface area contributed by atoms with E-state index in [1.165, 1.54) is 7.11 Å². The number of hydrogen-bond acceptors (Lipinski definition) is 3. The van der Waals surface area contributed by atoms with Crippen molar-refractivity contribution in [2.75, 3.05) is 33.3 Å². The summed E-state index contributed by atoms with van der Waals surface area (Å²) in [5, 5.41) is 3.32. The topological polar surface area (TPSA) is 24.5 Å². The Bertz CT molecular complexity index is 401. The molecule has 0 saturated carbocycles. The zero-order chi connectivity index (χ0) is 13.0. The number of halogens is 3. The lowest BCUT2D eigenvalue weighted by Crippen LogP contribution is -2.45. The fraction of sp³-hybridized carbons (Fsp3) is 0.571. The van der Waals surface area contributed by atoms with Gasteiger partial charge >= 0.3 is 0 Å². The molecule has 1 N–H and O–H groups in total. The van der Waals surface area contributed by atoms with Crippen LogP contribution in [0.4, 0.5) is 4.39 Å². The summed E-state index contributed by atoms with van der Waals surface area (Å²) in [6.07, 6.45) is 0.907.